The Hall–Kier alpha value is -2.11. The van der Waals surface area contributed by atoms with E-state index in [9.17, 15) is 0 Å². The van der Waals surface area contributed by atoms with E-state index in [-0.39, 0.29) is 18.0 Å². The van der Waals surface area contributed by atoms with Crippen LogP contribution in [0, 0.1) is 0 Å². The molecule has 0 saturated carbocycles. The minimum absolute atomic E-state index is 0.171. The van der Waals surface area contributed by atoms with Gasteiger partial charge in [0, 0.05) is 0 Å². The van der Waals surface area contributed by atoms with Crippen LogP contribution in [0.2, 0.25) is 0 Å². The predicted octanol–water partition coefficient (Wildman–Crippen LogP) is 6.86. The zero-order valence-corrected chi connectivity index (χ0v) is 19.7. The first-order valence-corrected chi connectivity index (χ1v) is 12.2. The van der Waals surface area contributed by atoms with Crippen molar-refractivity contribution < 1.29 is 14.2 Å². The first kappa shape index (κ1) is 26.9. The van der Waals surface area contributed by atoms with Crippen LogP contribution in [0.25, 0.3) is 0 Å². The summed E-state index contributed by atoms with van der Waals surface area (Å²) in [7, 11) is 0. The number of ether oxygens (including phenoxy) is 3. The fourth-order valence-corrected chi connectivity index (χ4v) is 3.24. The molecule has 1 aromatic heterocycles. The number of hydrogen-bond donors (Lipinski definition) is 0. The molecule has 6 heteroatoms. The van der Waals surface area contributed by atoms with Crippen molar-refractivity contribution in [3.05, 3.63) is 25.3 Å². The van der Waals surface area contributed by atoms with E-state index in [1.165, 1.54) is 77.0 Å². The van der Waals surface area contributed by atoms with Gasteiger partial charge in [-0.25, -0.2) is 0 Å². The van der Waals surface area contributed by atoms with Crippen molar-refractivity contribution in [3.8, 4) is 18.0 Å². The predicted molar refractivity (Wildman–Crippen MR) is 127 cm³/mol. The molecule has 0 aliphatic carbocycles. The lowest BCUT2D eigenvalue weighted by Gasteiger charge is -2.08. The summed E-state index contributed by atoms with van der Waals surface area (Å²) in [5.41, 5.74) is 0. The van der Waals surface area contributed by atoms with Crippen LogP contribution in [0.1, 0.15) is 96.8 Å². The van der Waals surface area contributed by atoms with Crippen LogP contribution < -0.4 is 14.2 Å². The van der Waals surface area contributed by atoms with Gasteiger partial charge in [-0.2, -0.15) is 0 Å². The molecule has 0 amide bonds. The van der Waals surface area contributed by atoms with Crippen LogP contribution in [0.15, 0.2) is 25.3 Å². The summed E-state index contributed by atoms with van der Waals surface area (Å²) in [5, 5.41) is 0. The molecular formula is C25H43N3O3. The molecule has 6 nitrogen and oxygen atoms in total. The van der Waals surface area contributed by atoms with Gasteiger partial charge >= 0.3 is 18.0 Å². The van der Waals surface area contributed by atoms with Gasteiger partial charge in [0.1, 0.15) is 13.2 Å². The largest absolute Gasteiger partial charge is 0.463 e. The number of rotatable bonds is 22. The topological polar surface area (TPSA) is 66.4 Å². The van der Waals surface area contributed by atoms with Crippen LogP contribution in [0.4, 0.5) is 0 Å². The maximum Gasteiger partial charge on any atom is 0.326 e. The Bertz CT molecular complexity index is 551. The van der Waals surface area contributed by atoms with Crippen molar-refractivity contribution in [1.82, 2.24) is 15.0 Å². The van der Waals surface area contributed by atoms with E-state index in [4.69, 9.17) is 14.2 Å². The van der Waals surface area contributed by atoms with E-state index in [1.54, 1.807) is 12.2 Å². The monoisotopic (exact) mass is 433 g/mol. The van der Waals surface area contributed by atoms with E-state index in [0.717, 1.165) is 12.8 Å². The highest BCUT2D eigenvalue weighted by Gasteiger charge is 2.09. The van der Waals surface area contributed by atoms with E-state index in [0.29, 0.717) is 19.8 Å². The summed E-state index contributed by atoms with van der Waals surface area (Å²) in [5.74, 6) is 0. The van der Waals surface area contributed by atoms with Crippen LogP contribution >= 0.6 is 0 Å². The van der Waals surface area contributed by atoms with Crippen LogP contribution in [-0.4, -0.2) is 34.8 Å². The Morgan fingerprint density at radius 2 is 0.903 bits per heavy atom. The lowest BCUT2D eigenvalue weighted by atomic mass is 10.0. The highest BCUT2D eigenvalue weighted by atomic mass is 16.5. The Kier molecular flexibility index (Phi) is 17.2. The molecule has 0 spiro atoms. The lowest BCUT2D eigenvalue weighted by Crippen LogP contribution is -2.08. The van der Waals surface area contributed by atoms with Gasteiger partial charge in [-0.05, 0) is 6.42 Å². The molecule has 1 aromatic rings. The molecule has 0 unspecified atom stereocenters. The molecule has 0 atom stereocenters. The van der Waals surface area contributed by atoms with Gasteiger partial charge in [-0.15, -0.1) is 15.0 Å². The van der Waals surface area contributed by atoms with Gasteiger partial charge in [0.05, 0.1) is 6.61 Å². The van der Waals surface area contributed by atoms with Gasteiger partial charge in [0.2, 0.25) is 0 Å². The van der Waals surface area contributed by atoms with Crippen molar-refractivity contribution in [3.63, 3.8) is 0 Å². The molecule has 31 heavy (non-hydrogen) atoms. The highest BCUT2D eigenvalue weighted by Crippen LogP contribution is 2.16. The molecule has 0 N–H and O–H groups in total. The maximum absolute atomic E-state index is 5.68. The van der Waals surface area contributed by atoms with Gasteiger partial charge in [-0.3, -0.25) is 0 Å². The summed E-state index contributed by atoms with van der Waals surface area (Å²) in [4.78, 5) is 12.4. The highest BCUT2D eigenvalue weighted by molar-refractivity contribution is 5.09. The molecule has 0 saturated heterocycles. The number of hydrogen-bond acceptors (Lipinski definition) is 6. The first-order chi connectivity index (χ1) is 15.3. The van der Waals surface area contributed by atoms with E-state index < -0.39 is 0 Å². The quantitative estimate of drug-likeness (QED) is 0.147. The minimum atomic E-state index is 0.171. The third-order valence-electron chi connectivity index (χ3n) is 4.96. The zero-order chi connectivity index (χ0) is 22.4. The third kappa shape index (κ3) is 15.4. The molecule has 0 bridgehead atoms. The molecule has 0 radical (unpaired) electrons. The standard InChI is InChI=1S/C25H43N3O3/c1-4-7-8-9-10-11-12-13-14-15-16-17-18-19-22-31-25-27-23(29-20-5-2)26-24(28-25)30-21-6-3/h5-6H,2-4,7-22H2,1H3. The van der Waals surface area contributed by atoms with Crippen molar-refractivity contribution in [2.45, 2.75) is 96.8 Å². The first-order valence-electron chi connectivity index (χ1n) is 12.2. The molecule has 0 aliphatic rings. The Labute approximate surface area is 189 Å². The average molecular weight is 434 g/mol. The molecule has 176 valence electrons. The van der Waals surface area contributed by atoms with E-state index in [2.05, 4.69) is 35.0 Å². The second-order valence-electron chi connectivity index (χ2n) is 7.83. The fourth-order valence-electron chi connectivity index (χ4n) is 3.24. The third-order valence-corrected chi connectivity index (χ3v) is 4.96. The summed E-state index contributed by atoms with van der Waals surface area (Å²) in [6.45, 7) is 10.7. The second-order valence-corrected chi connectivity index (χ2v) is 7.83. The maximum atomic E-state index is 5.68. The normalized spacial score (nSPS) is 10.6. The number of aromatic nitrogens is 3. The van der Waals surface area contributed by atoms with E-state index >= 15 is 0 Å². The average Bonchev–Trinajstić information content (AvgIpc) is 2.78. The summed E-state index contributed by atoms with van der Waals surface area (Å²) in [6, 6.07) is 0.567. The van der Waals surface area contributed by atoms with Crippen molar-refractivity contribution in [2.24, 2.45) is 0 Å². The summed E-state index contributed by atoms with van der Waals surface area (Å²) < 4.78 is 16.4. The molecule has 0 aliphatic heterocycles. The van der Waals surface area contributed by atoms with Crippen molar-refractivity contribution in [2.75, 3.05) is 19.8 Å². The van der Waals surface area contributed by atoms with Gasteiger partial charge < -0.3 is 14.2 Å². The van der Waals surface area contributed by atoms with Crippen molar-refractivity contribution >= 4 is 0 Å². The zero-order valence-electron chi connectivity index (χ0n) is 19.7. The lowest BCUT2D eigenvalue weighted by molar-refractivity contribution is 0.248. The number of nitrogens with zero attached hydrogens (tertiary/aromatic N) is 3. The van der Waals surface area contributed by atoms with Gasteiger partial charge in [-0.1, -0.05) is 116 Å². The van der Waals surface area contributed by atoms with E-state index in [1.807, 2.05) is 0 Å². The Morgan fingerprint density at radius 3 is 1.29 bits per heavy atom. The Balaban J connectivity index is 2.07. The number of unbranched alkanes of at least 4 members (excludes halogenated alkanes) is 13. The van der Waals surface area contributed by atoms with Crippen molar-refractivity contribution in [1.29, 1.82) is 0 Å². The van der Waals surface area contributed by atoms with Gasteiger partial charge in [0.25, 0.3) is 0 Å². The fraction of sp³-hybridized carbons (Fsp3) is 0.720. The second kappa shape index (κ2) is 19.8. The van der Waals surface area contributed by atoms with Crippen LogP contribution in [0.5, 0.6) is 18.0 Å². The molecule has 0 fully saturated rings. The molecule has 0 aromatic carbocycles. The smallest absolute Gasteiger partial charge is 0.326 e. The summed E-state index contributed by atoms with van der Waals surface area (Å²) >= 11 is 0. The Morgan fingerprint density at radius 1 is 0.548 bits per heavy atom. The minimum Gasteiger partial charge on any atom is -0.463 e. The molecular weight excluding hydrogens is 390 g/mol. The summed E-state index contributed by atoms with van der Waals surface area (Å²) in [6.07, 6.45) is 21.9. The van der Waals surface area contributed by atoms with Crippen LogP contribution in [0.3, 0.4) is 0 Å². The van der Waals surface area contributed by atoms with Crippen LogP contribution in [-0.2, 0) is 0 Å². The van der Waals surface area contributed by atoms with Gasteiger partial charge in [0.15, 0.2) is 0 Å². The molecule has 1 heterocycles. The SMILES string of the molecule is C=CCOc1nc(OCC=C)nc(OCCCCCCCCCCCCCCCC)n1. The molecule has 1 rings (SSSR count).